The number of pyridine rings is 3. The topological polar surface area (TPSA) is 118 Å². The Kier molecular flexibility index (Phi) is 3.69. The Hall–Kier alpha value is -3.70. The van der Waals surface area contributed by atoms with Crippen LogP contribution in [0, 0.1) is 25.2 Å². The number of H-pyrrole nitrogens is 1. The third-order valence-corrected chi connectivity index (χ3v) is 6.20. The number of nitriles is 1. The SMILES string of the molecule is Cc1cc(C)c2c(n1)sc1c3c(c(=O)[nH]c12)[C@H](c1cccnc1)C(C#N)=C(N)O3. The molecule has 0 saturated heterocycles. The van der Waals surface area contributed by atoms with E-state index in [0.29, 0.717) is 22.4 Å². The van der Waals surface area contributed by atoms with E-state index >= 15 is 0 Å². The fraction of sp³-hybridized carbons (Fsp3) is 0.143. The minimum atomic E-state index is -0.647. The Labute approximate surface area is 169 Å². The summed E-state index contributed by atoms with van der Waals surface area (Å²) in [5, 5.41) is 10.6. The molecular formula is C21H15N5O2S. The van der Waals surface area contributed by atoms with Crippen LogP contribution >= 0.6 is 11.3 Å². The van der Waals surface area contributed by atoms with E-state index in [2.05, 4.69) is 21.0 Å². The van der Waals surface area contributed by atoms with Crippen molar-refractivity contribution in [3.8, 4) is 11.8 Å². The second kappa shape index (κ2) is 6.15. The van der Waals surface area contributed by atoms with Crippen molar-refractivity contribution in [2.24, 2.45) is 5.73 Å². The summed E-state index contributed by atoms with van der Waals surface area (Å²) in [7, 11) is 0. The van der Waals surface area contributed by atoms with Crippen molar-refractivity contribution in [1.29, 1.82) is 5.26 Å². The molecule has 29 heavy (non-hydrogen) atoms. The molecule has 0 fully saturated rings. The summed E-state index contributed by atoms with van der Waals surface area (Å²) >= 11 is 1.44. The molecule has 142 valence electrons. The van der Waals surface area contributed by atoms with Crippen LogP contribution < -0.4 is 16.0 Å². The van der Waals surface area contributed by atoms with Gasteiger partial charge in [0.2, 0.25) is 5.88 Å². The maximum Gasteiger partial charge on any atom is 0.256 e. The van der Waals surface area contributed by atoms with E-state index in [-0.39, 0.29) is 17.0 Å². The number of hydrogen-bond acceptors (Lipinski definition) is 7. The Balaban J connectivity index is 1.91. The quantitative estimate of drug-likeness (QED) is 0.505. The maximum absolute atomic E-state index is 13.2. The summed E-state index contributed by atoms with van der Waals surface area (Å²) in [6, 6.07) is 7.66. The molecule has 1 aliphatic heterocycles. The zero-order valence-corrected chi connectivity index (χ0v) is 16.4. The van der Waals surface area contributed by atoms with Crippen molar-refractivity contribution in [3.63, 3.8) is 0 Å². The number of thiophene rings is 1. The number of fused-ring (bicyclic) bond motifs is 5. The summed E-state index contributed by atoms with van der Waals surface area (Å²) in [4.78, 5) is 25.8. The molecule has 0 bridgehead atoms. The number of ether oxygens (including phenoxy) is 1. The lowest BCUT2D eigenvalue weighted by atomic mass is 9.85. The van der Waals surface area contributed by atoms with Crippen LogP contribution in [-0.4, -0.2) is 15.0 Å². The fourth-order valence-electron chi connectivity index (χ4n) is 3.94. The highest BCUT2D eigenvalue weighted by atomic mass is 32.1. The lowest BCUT2D eigenvalue weighted by molar-refractivity contribution is 0.397. The summed E-state index contributed by atoms with van der Waals surface area (Å²) in [6.45, 7) is 3.92. The van der Waals surface area contributed by atoms with Gasteiger partial charge in [-0.05, 0) is 37.1 Å². The van der Waals surface area contributed by atoms with Crippen molar-refractivity contribution in [2.45, 2.75) is 19.8 Å². The van der Waals surface area contributed by atoms with Gasteiger partial charge in [-0.1, -0.05) is 6.07 Å². The van der Waals surface area contributed by atoms with Crippen LogP contribution in [0.3, 0.4) is 0 Å². The summed E-state index contributed by atoms with van der Waals surface area (Å²) in [5.41, 5.74) is 9.65. The van der Waals surface area contributed by atoms with Gasteiger partial charge in [0.15, 0.2) is 5.75 Å². The first-order valence-corrected chi connectivity index (χ1v) is 9.75. The third kappa shape index (κ3) is 2.45. The Morgan fingerprint density at radius 1 is 1.38 bits per heavy atom. The monoisotopic (exact) mass is 401 g/mol. The van der Waals surface area contributed by atoms with Gasteiger partial charge in [0.05, 0.1) is 21.7 Å². The standard InChI is InChI=1S/C21H15N5O2S/c1-9-6-10(2)25-21-13(9)16-18(29-21)17-15(20(27)26-16)14(11-4-3-5-24-8-11)12(7-22)19(23)28-17/h3-6,8,14H,23H2,1-2H3,(H,26,27)/t14-/m1/s1. The number of rotatable bonds is 1. The van der Waals surface area contributed by atoms with E-state index in [1.54, 1.807) is 18.5 Å². The first kappa shape index (κ1) is 17.4. The molecule has 0 spiro atoms. The number of aromatic nitrogens is 3. The Bertz CT molecular complexity index is 1440. The maximum atomic E-state index is 13.2. The minimum Gasteiger partial charge on any atom is -0.438 e. The molecule has 0 unspecified atom stereocenters. The lowest BCUT2D eigenvalue weighted by Crippen LogP contribution is -2.27. The van der Waals surface area contributed by atoms with Crippen LogP contribution in [0.15, 0.2) is 46.8 Å². The molecular weight excluding hydrogens is 386 g/mol. The van der Waals surface area contributed by atoms with Gasteiger partial charge < -0.3 is 15.5 Å². The van der Waals surface area contributed by atoms with E-state index in [0.717, 1.165) is 26.2 Å². The first-order chi connectivity index (χ1) is 14.0. The van der Waals surface area contributed by atoms with Crippen molar-refractivity contribution < 1.29 is 4.74 Å². The van der Waals surface area contributed by atoms with E-state index in [1.807, 2.05) is 26.0 Å². The molecule has 1 aliphatic rings. The number of allylic oxidation sites excluding steroid dienone is 1. The van der Waals surface area contributed by atoms with E-state index < -0.39 is 5.92 Å². The van der Waals surface area contributed by atoms with Crippen molar-refractivity contribution >= 4 is 31.8 Å². The number of hydrogen-bond donors (Lipinski definition) is 2. The highest BCUT2D eigenvalue weighted by molar-refractivity contribution is 7.25. The zero-order chi connectivity index (χ0) is 20.3. The van der Waals surface area contributed by atoms with Crippen LogP contribution in [0.25, 0.3) is 20.4 Å². The van der Waals surface area contributed by atoms with Crippen LogP contribution in [0.2, 0.25) is 0 Å². The Morgan fingerprint density at radius 3 is 2.93 bits per heavy atom. The zero-order valence-electron chi connectivity index (χ0n) is 15.6. The molecule has 3 N–H and O–H groups in total. The molecule has 0 aliphatic carbocycles. The van der Waals surface area contributed by atoms with Crippen LogP contribution in [0.4, 0.5) is 0 Å². The molecule has 1 atom stereocenters. The number of nitrogens with two attached hydrogens (primary N) is 1. The number of nitrogens with zero attached hydrogens (tertiary/aromatic N) is 3. The molecule has 8 heteroatoms. The number of nitrogens with one attached hydrogen (secondary N) is 1. The summed E-state index contributed by atoms with van der Waals surface area (Å²) in [6.07, 6.45) is 3.27. The molecule has 7 nitrogen and oxygen atoms in total. The second-order valence-electron chi connectivity index (χ2n) is 6.97. The van der Waals surface area contributed by atoms with Gasteiger partial charge in [-0.15, -0.1) is 11.3 Å². The van der Waals surface area contributed by atoms with E-state index in [4.69, 9.17) is 10.5 Å². The predicted molar refractivity (Wildman–Crippen MR) is 111 cm³/mol. The van der Waals surface area contributed by atoms with Gasteiger partial charge in [-0.2, -0.15) is 5.26 Å². The Morgan fingerprint density at radius 2 is 2.21 bits per heavy atom. The summed E-state index contributed by atoms with van der Waals surface area (Å²) in [5.74, 6) is -0.264. The summed E-state index contributed by atoms with van der Waals surface area (Å²) < 4.78 is 6.61. The van der Waals surface area contributed by atoms with Gasteiger partial charge in [-0.3, -0.25) is 9.78 Å². The van der Waals surface area contributed by atoms with Gasteiger partial charge in [0.25, 0.3) is 5.56 Å². The highest BCUT2D eigenvalue weighted by Crippen LogP contribution is 2.46. The minimum absolute atomic E-state index is 0.000860. The van der Waals surface area contributed by atoms with Crippen molar-refractivity contribution in [3.05, 3.63) is 74.8 Å². The lowest BCUT2D eigenvalue weighted by Gasteiger charge is -2.25. The number of aromatic amines is 1. The highest BCUT2D eigenvalue weighted by Gasteiger charge is 2.35. The van der Waals surface area contributed by atoms with Gasteiger partial charge in [0.1, 0.15) is 16.5 Å². The average molecular weight is 401 g/mol. The molecule has 0 amide bonds. The fourth-order valence-corrected chi connectivity index (χ4v) is 5.19. The smallest absolute Gasteiger partial charge is 0.256 e. The van der Waals surface area contributed by atoms with Gasteiger partial charge in [-0.25, -0.2) is 4.98 Å². The van der Waals surface area contributed by atoms with Crippen LogP contribution in [-0.2, 0) is 0 Å². The molecule has 4 aromatic rings. The number of aryl methyl sites for hydroxylation is 2. The normalized spacial score (nSPS) is 16.0. The predicted octanol–water partition coefficient (Wildman–Crippen LogP) is 3.37. The van der Waals surface area contributed by atoms with Crippen molar-refractivity contribution in [1.82, 2.24) is 15.0 Å². The molecule has 0 aromatic carbocycles. The van der Waals surface area contributed by atoms with E-state index in [9.17, 15) is 10.1 Å². The molecule has 0 saturated carbocycles. The average Bonchev–Trinajstić information content (AvgIpc) is 3.06. The van der Waals surface area contributed by atoms with Gasteiger partial charge in [0, 0.05) is 23.5 Å². The molecule has 5 rings (SSSR count). The van der Waals surface area contributed by atoms with Gasteiger partial charge >= 0.3 is 0 Å². The molecule has 4 aromatic heterocycles. The van der Waals surface area contributed by atoms with E-state index in [1.165, 1.54) is 11.3 Å². The van der Waals surface area contributed by atoms with Crippen LogP contribution in [0.5, 0.6) is 5.75 Å². The third-order valence-electron chi connectivity index (χ3n) is 5.11. The van der Waals surface area contributed by atoms with Crippen LogP contribution in [0.1, 0.15) is 28.3 Å². The first-order valence-electron chi connectivity index (χ1n) is 8.93. The van der Waals surface area contributed by atoms with Crippen molar-refractivity contribution in [2.75, 3.05) is 0 Å². The largest absolute Gasteiger partial charge is 0.438 e. The molecule has 5 heterocycles. The molecule has 0 radical (unpaired) electrons. The second-order valence-corrected chi connectivity index (χ2v) is 7.97.